The third-order valence-electron chi connectivity index (χ3n) is 3.13. The third kappa shape index (κ3) is 2.14. The van der Waals surface area contributed by atoms with Crippen LogP contribution in [0.1, 0.15) is 5.56 Å². The molecule has 100 valence electrons. The van der Waals surface area contributed by atoms with Gasteiger partial charge in [-0.3, -0.25) is 9.36 Å². The Bertz CT molecular complexity index is 842. The molecule has 0 bridgehead atoms. The average molecular weight is 269 g/mol. The maximum Gasteiger partial charge on any atom is 0.263 e. The van der Waals surface area contributed by atoms with Crippen molar-refractivity contribution >= 4 is 16.6 Å². The van der Waals surface area contributed by atoms with Crippen LogP contribution in [0.3, 0.4) is 0 Å². The number of anilines is 1. The first-order chi connectivity index (χ1) is 9.65. The fourth-order valence-electron chi connectivity index (χ4n) is 2.17. The normalized spacial score (nSPS) is 10.8. The molecule has 0 saturated heterocycles. The Labute approximate surface area is 114 Å². The average Bonchev–Trinajstić information content (AvgIpc) is 2.42. The molecule has 4 nitrogen and oxygen atoms in total. The summed E-state index contributed by atoms with van der Waals surface area (Å²) in [4.78, 5) is 16.6. The maximum absolute atomic E-state index is 13.2. The van der Waals surface area contributed by atoms with Gasteiger partial charge in [0.05, 0.1) is 23.8 Å². The highest BCUT2D eigenvalue weighted by atomic mass is 19.1. The van der Waals surface area contributed by atoms with Crippen LogP contribution >= 0.6 is 0 Å². The van der Waals surface area contributed by atoms with E-state index in [4.69, 9.17) is 5.73 Å². The highest BCUT2D eigenvalue weighted by Crippen LogP contribution is 2.14. The first kappa shape index (κ1) is 12.3. The summed E-state index contributed by atoms with van der Waals surface area (Å²) in [5, 5.41) is 0.395. The molecule has 0 aliphatic carbocycles. The van der Waals surface area contributed by atoms with Crippen LogP contribution in [0.4, 0.5) is 10.1 Å². The number of hydrogen-bond donors (Lipinski definition) is 1. The number of nitrogens with zero attached hydrogens (tertiary/aromatic N) is 2. The zero-order valence-electron chi connectivity index (χ0n) is 10.6. The number of fused-ring (bicyclic) bond motifs is 1. The van der Waals surface area contributed by atoms with Crippen molar-refractivity contribution in [2.45, 2.75) is 6.54 Å². The lowest BCUT2D eigenvalue weighted by Gasteiger charge is -2.08. The minimum atomic E-state index is -0.330. The van der Waals surface area contributed by atoms with Crippen molar-refractivity contribution in [3.63, 3.8) is 0 Å². The highest BCUT2D eigenvalue weighted by molar-refractivity contribution is 5.89. The molecule has 1 heterocycles. The molecule has 0 radical (unpaired) electrons. The second-order valence-corrected chi connectivity index (χ2v) is 4.55. The molecule has 1 aromatic heterocycles. The van der Waals surface area contributed by atoms with E-state index in [0.29, 0.717) is 22.2 Å². The van der Waals surface area contributed by atoms with Crippen LogP contribution in [0, 0.1) is 5.82 Å². The van der Waals surface area contributed by atoms with Crippen LogP contribution in [0.2, 0.25) is 0 Å². The quantitative estimate of drug-likeness (QED) is 0.725. The van der Waals surface area contributed by atoms with Gasteiger partial charge in [-0.05, 0) is 29.8 Å². The van der Waals surface area contributed by atoms with E-state index in [-0.39, 0.29) is 17.9 Å². The monoisotopic (exact) mass is 269 g/mol. The van der Waals surface area contributed by atoms with Crippen LogP contribution < -0.4 is 11.3 Å². The predicted octanol–water partition coefficient (Wildman–Crippen LogP) is 2.17. The number of halogens is 1. The summed E-state index contributed by atoms with van der Waals surface area (Å²) in [7, 11) is 0. The van der Waals surface area contributed by atoms with Gasteiger partial charge in [0.2, 0.25) is 0 Å². The summed E-state index contributed by atoms with van der Waals surface area (Å²) < 4.78 is 14.6. The van der Waals surface area contributed by atoms with E-state index in [1.54, 1.807) is 30.3 Å². The molecule has 3 aromatic rings. The number of nitrogens with two attached hydrogens (primary N) is 1. The molecule has 0 unspecified atom stereocenters. The van der Waals surface area contributed by atoms with Crippen molar-refractivity contribution in [1.29, 1.82) is 0 Å². The fraction of sp³-hybridized carbons (Fsp3) is 0.0667. The lowest BCUT2D eigenvalue weighted by molar-refractivity contribution is 0.622. The van der Waals surface area contributed by atoms with E-state index < -0.39 is 0 Å². The molecule has 0 spiro atoms. The molecular weight excluding hydrogens is 257 g/mol. The topological polar surface area (TPSA) is 60.9 Å². The summed E-state index contributed by atoms with van der Waals surface area (Å²) in [6.07, 6.45) is 1.45. The summed E-state index contributed by atoms with van der Waals surface area (Å²) in [6, 6.07) is 11.3. The van der Waals surface area contributed by atoms with Gasteiger partial charge in [-0.15, -0.1) is 0 Å². The van der Waals surface area contributed by atoms with Crippen LogP contribution in [0.5, 0.6) is 0 Å². The zero-order chi connectivity index (χ0) is 14.1. The Morgan fingerprint density at radius 2 is 2.00 bits per heavy atom. The second kappa shape index (κ2) is 4.77. The van der Waals surface area contributed by atoms with Crippen molar-refractivity contribution < 1.29 is 4.39 Å². The molecule has 2 aromatic carbocycles. The maximum atomic E-state index is 13.2. The van der Waals surface area contributed by atoms with Crippen LogP contribution in [0.15, 0.2) is 53.6 Å². The van der Waals surface area contributed by atoms with Crippen molar-refractivity contribution in [3.05, 3.63) is 70.5 Å². The van der Waals surface area contributed by atoms with Crippen molar-refractivity contribution in [2.75, 3.05) is 5.73 Å². The lowest BCUT2D eigenvalue weighted by atomic mass is 10.2. The van der Waals surface area contributed by atoms with E-state index in [1.807, 2.05) is 0 Å². The van der Waals surface area contributed by atoms with Crippen molar-refractivity contribution in [3.8, 4) is 0 Å². The molecular formula is C15H12FN3O. The first-order valence-electron chi connectivity index (χ1n) is 6.13. The summed E-state index contributed by atoms with van der Waals surface area (Å²) in [6.45, 7) is 0.258. The van der Waals surface area contributed by atoms with Gasteiger partial charge in [-0.25, -0.2) is 9.37 Å². The molecule has 0 amide bonds. The van der Waals surface area contributed by atoms with Gasteiger partial charge in [0.25, 0.3) is 5.56 Å². The van der Waals surface area contributed by atoms with E-state index >= 15 is 0 Å². The number of rotatable bonds is 2. The van der Waals surface area contributed by atoms with E-state index in [2.05, 4.69) is 4.98 Å². The Hall–Kier alpha value is -2.69. The molecule has 0 saturated carbocycles. The minimum absolute atomic E-state index is 0.225. The standard InChI is InChI=1S/C15H12FN3O/c16-11-4-1-3-10(7-11)8-19-9-18-13-6-2-5-12(17)14(13)15(19)20/h1-7,9H,8,17H2. The number of benzene rings is 2. The van der Waals surface area contributed by atoms with E-state index in [0.717, 1.165) is 0 Å². The van der Waals surface area contributed by atoms with Gasteiger partial charge >= 0.3 is 0 Å². The van der Waals surface area contributed by atoms with Crippen LogP contribution in [-0.2, 0) is 6.54 Å². The Morgan fingerprint density at radius 3 is 2.80 bits per heavy atom. The smallest absolute Gasteiger partial charge is 0.263 e. The van der Waals surface area contributed by atoms with Gasteiger partial charge in [-0.2, -0.15) is 0 Å². The zero-order valence-corrected chi connectivity index (χ0v) is 10.6. The summed E-state index contributed by atoms with van der Waals surface area (Å²) in [5.74, 6) is -0.330. The van der Waals surface area contributed by atoms with E-state index in [9.17, 15) is 9.18 Å². The SMILES string of the molecule is Nc1cccc2ncn(Cc3cccc(F)c3)c(=O)c12. The Morgan fingerprint density at radius 1 is 1.20 bits per heavy atom. The predicted molar refractivity (Wildman–Crippen MR) is 75.9 cm³/mol. The molecule has 0 aliphatic rings. The first-order valence-corrected chi connectivity index (χ1v) is 6.13. The fourth-order valence-corrected chi connectivity index (χ4v) is 2.17. The number of nitrogen functional groups attached to an aromatic ring is 1. The molecule has 0 aliphatic heterocycles. The van der Waals surface area contributed by atoms with Gasteiger partial charge in [0.15, 0.2) is 0 Å². The summed E-state index contributed by atoms with van der Waals surface area (Å²) >= 11 is 0. The molecule has 0 atom stereocenters. The van der Waals surface area contributed by atoms with Gasteiger partial charge in [0.1, 0.15) is 5.82 Å². The molecule has 5 heteroatoms. The van der Waals surface area contributed by atoms with Crippen molar-refractivity contribution in [1.82, 2.24) is 9.55 Å². The molecule has 0 fully saturated rings. The van der Waals surface area contributed by atoms with Crippen LogP contribution in [-0.4, -0.2) is 9.55 Å². The molecule has 2 N–H and O–H groups in total. The highest BCUT2D eigenvalue weighted by Gasteiger charge is 2.07. The van der Waals surface area contributed by atoms with Crippen LogP contribution in [0.25, 0.3) is 10.9 Å². The van der Waals surface area contributed by atoms with Gasteiger partial charge < -0.3 is 5.73 Å². The Kier molecular flexibility index (Phi) is 2.95. The molecule has 3 rings (SSSR count). The third-order valence-corrected chi connectivity index (χ3v) is 3.13. The van der Waals surface area contributed by atoms with E-state index in [1.165, 1.54) is 23.0 Å². The second-order valence-electron chi connectivity index (χ2n) is 4.55. The summed E-state index contributed by atoms with van der Waals surface area (Å²) in [5.41, 5.74) is 7.26. The van der Waals surface area contributed by atoms with Gasteiger partial charge in [-0.1, -0.05) is 18.2 Å². The van der Waals surface area contributed by atoms with Crippen molar-refractivity contribution in [2.24, 2.45) is 0 Å². The number of aromatic nitrogens is 2. The number of hydrogen-bond acceptors (Lipinski definition) is 3. The Balaban J connectivity index is 2.11. The minimum Gasteiger partial charge on any atom is -0.398 e. The lowest BCUT2D eigenvalue weighted by Crippen LogP contribution is -2.22. The van der Waals surface area contributed by atoms with Gasteiger partial charge in [0, 0.05) is 5.69 Å². The largest absolute Gasteiger partial charge is 0.398 e. The molecule has 20 heavy (non-hydrogen) atoms.